The van der Waals surface area contributed by atoms with Gasteiger partial charge in [0.05, 0.1) is 12.1 Å². The maximum absolute atomic E-state index is 11.7. The van der Waals surface area contributed by atoms with E-state index in [1.54, 1.807) is 18.2 Å². The third-order valence-corrected chi connectivity index (χ3v) is 3.41. The molecule has 3 N–H and O–H groups in total. The van der Waals surface area contributed by atoms with E-state index in [9.17, 15) is 4.79 Å². The van der Waals surface area contributed by atoms with Gasteiger partial charge in [-0.15, -0.1) is 0 Å². The molecule has 0 unspecified atom stereocenters. The number of hydrogen-bond donors (Lipinski definition) is 2. The Labute approximate surface area is 139 Å². The Kier molecular flexibility index (Phi) is 4.74. The summed E-state index contributed by atoms with van der Waals surface area (Å²) in [5, 5.41) is 2.59. The largest absolute Gasteiger partial charge is 0.486 e. The molecule has 3 rings (SSSR count). The van der Waals surface area contributed by atoms with Gasteiger partial charge in [0, 0.05) is 11.8 Å². The van der Waals surface area contributed by atoms with Crippen molar-refractivity contribution in [2.24, 2.45) is 20.7 Å². The van der Waals surface area contributed by atoms with Crippen LogP contribution >= 0.6 is 0 Å². The number of carbonyl (C=O) groups excluding carboxylic acids is 1. The Balaban J connectivity index is 1.80. The summed E-state index contributed by atoms with van der Waals surface area (Å²) in [4.78, 5) is 24.3. The number of amides is 1. The molecule has 8 nitrogen and oxygen atoms in total. The molecule has 2 aliphatic rings. The Bertz CT molecular complexity index is 739. The van der Waals surface area contributed by atoms with E-state index in [1.165, 1.54) is 0 Å². The highest BCUT2D eigenvalue weighted by atomic mass is 16.6. The summed E-state index contributed by atoms with van der Waals surface area (Å²) in [5.41, 5.74) is 7.23. The first-order valence-corrected chi connectivity index (χ1v) is 7.83. The van der Waals surface area contributed by atoms with Crippen LogP contribution in [-0.2, 0) is 4.79 Å². The van der Waals surface area contributed by atoms with Crippen molar-refractivity contribution in [3.63, 3.8) is 0 Å². The number of carbonyl (C=O) groups is 1. The molecule has 1 aromatic rings. The number of rotatable bonds is 3. The second kappa shape index (κ2) is 7.12. The lowest BCUT2D eigenvalue weighted by atomic mass is 10.1. The minimum absolute atomic E-state index is 0.00322. The Morgan fingerprint density at radius 2 is 2.12 bits per heavy atom. The van der Waals surface area contributed by atoms with Crippen LogP contribution in [-0.4, -0.2) is 36.8 Å². The van der Waals surface area contributed by atoms with E-state index in [0.29, 0.717) is 36.8 Å². The molecule has 0 saturated carbocycles. The predicted octanol–water partition coefficient (Wildman–Crippen LogP) is 1.52. The quantitative estimate of drug-likeness (QED) is 0.647. The summed E-state index contributed by atoms with van der Waals surface area (Å²) >= 11 is 0. The summed E-state index contributed by atoms with van der Waals surface area (Å²) in [6.45, 7) is 3.06. The van der Waals surface area contributed by atoms with Crippen molar-refractivity contribution in [2.45, 2.75) is 26.2 Å². The van der Waals surface area contributed by atoms with E-state index in [2.05, 4.69) is 20.3 Å². The topological polar surface area (TPSA) is 111 Å². The Morgan fingerprint density at radius 1 is 1.33 bits per heavy atom. The predicted molar refractivity (Wildman–Crippen MR) is 91.3 cm³/mol. The molecule has 0 saturated heterocycles. The lowest BCUT2D eigenvalue weighted by Gasteiger charge is -2.18. The molecule has 2 heterocycles. The van der Waals surface area contributed by atoms with Crippen molar-refractivity contribution in [1.29, 1.82) is 0 Å². The second-order valence-corrected chi connectivity index (χ2v) is 5.39. The van der Waals surface area contributed by atoms with Crippen LogP contribution in [0.1, 0.15) is 26.2 Å². The van der Waals surface area contributed by atoms with Gasteiger partial charge < -0.3 is 15.2 Å². The molecule has 0 spiro atoms. The van der Waals surface area contributed by atoms with Gasteiger partial charge in [0.2, 0.25) is 17.8 Å². The first-order chi connectivity index (χ1) is 11.6. The van der Waals surface area contributed by atoms with Gasteiger partial charge in [-0.25, -0.2) is 9.98 Å². The van der Waals surface area contributed by atoms with Gasteiger partial charge in [-0.1, -0.05) is 13.3 Å². The molecule has 1 aromatic carbocycles. The molecule has 0 aromatic heterocycles. The smallest absolute Gasteiger partial charge is 0.232 e. The molecule has 8 heteroatoms. The molecule has 126 valence electrons. The summed E-state index contributed by atoms with van der Waals surface area (Å²) in [5.74, 6) is 1.34. The molecule has 0 bridgehead atoms. The number of nitrogens with one attached hydrogen (secondary N) is 1. The number of nitrogens with two attached hydrogens (primary N) is 1. The maximum Gasteiger partial charge on any atom is 0.232 e. The standard InChI is InChI=1S/C16H19N5O3/c1-2-3-10-9-14(22)20-16(19-10)21-15(17)18-11-4-5-12-13(8-11)24-7-6-23-12/h4-5,8H,2-3,6-7,9H2,1H3,(H3,17,18,20,21,22). The van der Waals surface area contributed by atoms with E-state index in [-0.39, 0.29) is 17.8 Å². The first-order valence-electron chi connectivity index (χ1n) is 7.83. The summed E-state index contributed by atoms with van der Waals surface area (Å²) in [6.07, 6.45) is 1.97. The third kappa shape index (κ3) is 3.89. The van der Waals surface area contributed by atoms with Crippen molar-refractivity contribution in [3.05, 3.63) is 18.2 Å². The zero-order valence-corrected chi connectivity index (χ0v) is 13.4. The monoisotopic (exact) mass is 329 g/mol. The van der Waals surface area contributed by atoms with Crippen molar-refractivity contribution >= 4 is 29.2 Å². The molecule has 0 fully saturated rings. The Morgan fingerprint density at radius 3 is 2.92 bits per heavy atom. The summed E-state index contributed by atoms with van der Waals surface area (Å²) < 4.78 is 11.0. The number of hydrogen-bond acceptors (Lipinski definition) is 4. The summed E-state index contributed by atoms with van der Waals surface area (Å²) in [7, 11) is 0. The second-order valence-electron chi connectivity index (χ2n) is 5.39. The number of benzene rings is 1. The van der Waals surface area contributed by atoms with Gasteiger partial charge in [0.15, 0.2) is 11.5 Å². The number of guanidine groups is 2. The molecule has 0 aliphatic carbocycles. The fourth-order valence-electron chi connectivity index (χ4n) is 2.42. The molecule has 0 radical (unpaired) electrons. The number of aliphatic imine (C=N–C) groups is 3. The zero-order valence-electron chi connectivity index (χ0n) is 13.4. The van der Waals surface area contributed by atoms with Crippen molar-refractivity contribution in [2.75, 3.05) is 13.2 Å². The summed E-state index contributed by atoms with van der Waals surface area (Å²) in [6, 6.07) is 5.26. The van der Waals surface area contributed by atoms with Crippen LogP contribution in [0.3, 0.4) is 0 Å². The fraction of sp³-hybridized carbons (Fsp3) is 0.375. The third-order valence-electron chi connectivity index (χ3n) is 3.41. The van der Waals surface area contributed by atoms with Gasteiger partial charge in [-0.3, -0.25) is 10.1 Å². The number of nitrogens with zero attached hydrogens (tertiary/aromatic N) is 3. The van der Waals surface area contributed by atoms with Crippen LogP contribution in [0.15, 0.2) is 33.2 Å². The van der Waals surface area contributed by atoms with Gasteiger partial charge in [-0.05, 0) is 18.6 Å². The maximum atomic E-state index is 11.7. The van der Waals surface area contributed by atoms with E-state index < -0.39 is 0 Å². The average Bonchev–Trinajstić information content (AvgIpc) is 2.54. The van der Waals surface area contributed by atoms with Crippen LogP contribution in [0.2, 0.25) is 0 Å². The first kappa shape index (κ1) is 16.0. The lowest BCUT2D eigenvalue weighted by molar-refractivity contribution is -0.118. The average molecular weight is 329 g/mol. The molecule has 2 aliphatic heterocycles. The minimum atomic E-state index is -0.140. The molecule has 1 amide bonds. The number of fused-ring (bicyclic) bond motifs is 1. The molecule has 0 atom stereocenters. The highest BCUT2D eigenvalue weighted by Gasteiger charge is 2.16. The van der Waals surface area contributed by atoms with Crippen LogP contribution in [0.5, 0.6) is 11.5 Å². The SMILES string of the molecule is CCCC1=NC(=NC(N)=Nc2ccc3c(c2)OCCO3)NC(=O)C1. The van der Waals surface area contributed by atoms with E-state index >= 15 is 0 Å². The van der Waals surface area contributed by atoms with Crippen molar-refractivity contribution in [1.82, 2.24) is 5.32 Å². The molecular weight excluding hydrogens is 310 g/mol. The normalized spacial score (nSPS) is 19.0. The molecular formula is C16H19N5O3. The van der Waals surface area contributed by atoms with Gasteiger partial charge in [0.1, 0.15) is 13.2 Å². The highest BCUT2D eigenvalue weighted by molar-refractivity contribution is 6.17. The van der Waals surface area contributed by atoms with E-state index in [4.69, 9.17) is 15.2 Å². The van der Waals surface area contributed by atoms with E-state index in [0.717, 1.165) is 18.6 Å². The van der Waals surface area contributed by atoms with Crippen LogP contribution in [0.4, 0.5) is 5.69 Å². The van der Waals surface area contributed by atoms with Gasteiger partial charge >= 0.3 is 0 Å². The number of ether oxygens (including phenoxy) is 2. The molecule has 24 heavy (non-hydrogen) atoms. The highest BCUT2D eigenvalue weighted by Crippen LogP contribution is 2.33. The van der Waals surface area contributed by atoms with Crippen LogP contribution in [0.25, 0.3) is 0 Å². The minimum Gasteiger partial charge on any atom is -0.486 e. The lowest BCUT2D eigenvalue weighted by Crippen LogP contribution is -2.37. The fourth-order valence-corrected chi connectivity index (χ4v) is 2.42. The zero-order chi connectivity index (χ0) is 16.9. The van der Waals surface area contributed by atoms with Crippen LogP contribution < -0.4 is 20.5 Å². The van der Waals surface area contributed by atoms with Gasteiger partial charge in [-0.2, -0.15) is 4.99 Å². The van der Waals surface area contributed by atoms with Gasteiger partial charge in [0.25, 0.3) is 0 Å². The van der Waals surface area contributed by atoms with Crippen molar-refractivity contribution in [3.8, 4) is 11.5 Å². The van der Waals surface area contributed by atoms with Crippen molar-refractivity contribution < 1.29 is 14.3 Å². The Hall–Kier alpha value is -2.90. The van der Waals surface area contributed by atoms with E-state index in [1.807, 2.05) is 6.92 Å². The van der Waals surface area contributed by atoms with Crippen LogP contribution in [0, 0.1) is 0 Å².